The maximum absolute atomic E-state index is 11.7. The number of aliphatic imine (C=N–C) groups is 1. The molecule has 1 aromatic rings. The largest absolute Gasteiger partial charge is 0.370 e. The van der Waals surface area contributed by atoms with Crippen LogP contribution in [0.3, 0.4) is 0 Å². The molecular formula is C12H17N3O3S. The smallest absolute Gasteiger partial charge is 0.280 e. The van der Waals surface area contributed by atoms with Crippen molar-refractivity contribution in [1.29, 1.82) is 0 Å². The number of hydrogen-bond donors (Lipinski definition) is 2. The first-order chi connectivity index (χ1) is 8.75. The Balaban J connectivity index is 3.34. The van der Waals surface area contributed by atoms with E-state index < -0.39 is 15.7 Å². The van der Waals surface area contributed by atoms with Gasteiger partial charge in [-0.2, -0.15) is 4.99 Å². The number of nitrogens with zero attached hydrogens (tertiary/aromatic N) is 1. The number of rotatable bonds is 4. The van der Waals surface area contributed by atoms with Gasteiger partial charge in [0.2, 0.25) is 0 Å². The minimum Gasteiger partial charge on any atom is -0.370 e. The highest BCUT2D eigenvalue weighted by Gasteiger charge is 2.16. The fraction of sp³-hybridized carbons (Fsp3) is 0.333. The summed E-state index contributed by atoms with van der Waals surface area (Å²) in [6.45, 7) is 1.95. The second kappa shape index (κ2) is 5.83. The number of benzene rings is 1. The molecule has 0 radical (unpaired) electrons. The quantitative estimate of drug-likeness (QED) is 0.615. The van der Waals surface area contributed by atoms with Crippen LogP contribution in [-0.4, -0.2) is 26.5 Å². The van der Waals surface area contributed by atoms with E-state index in [9.17, 15) is 13.2 Å². The molecule has 0 aromatic heterocycles. The first-order valence-corrected chi connectivity index (χ1v) is 7.61. The monoisotopic (exact) mass is 283 g/mol. The Morgan fingerprint density at radius 3 is 2.42 bits per heavy atom. The lowest BCUT2D eigenvalue weighted by Gasteiger charge is -2.08. The lowest BCUT2D eigenvalue weighted by Crippen LogP contribution is -2.24. The van der Waals surface area contributed by atoms with Gasteiger partial charge >= 0.3 is 0 Å². The van der Waals surface area contributed by atoms with E-state index in [1.807, 2.05) is 6.92 Å². The van der Waals surface area contributed by atoms with Crippen LogP contribution in [0.15, 0.2) is 28.1 Å². The summed E-state index contributed by atoms with van der Waals surface area (Å²) in [5, 5.41) is 0. The molecule has 0 atom stereocenters. The molecule has 6 nitrogen and oxygen atoms in total. The van der Waals surface area contributed by atoms with Crippen molar-refractivity contribution in [3.63, 3.8) is 0 Å². The molecule has 0 saturated carbocycles. The lowest BCUT2D eigenvalue weighted by molar-refractivity contribution is 0.100. The van der Waals surface area contributed by atoms with Crippen LogP contribution >= 0.6 is 0 Å². The van der Waals surface area contributed by atoms with Crippen molar-refractivity contribution in [1.82, 2.24) is 0 Å². The van der Waals surface area contributed by atoms with E-state index in [-0.39, 0.29) is 16.4 Å². The topological polar surface area (TPSA) is 116 Å². The summed E-state index contributed by atoms with van der Waals surface area (Å²) in [6.07, 6.45) is 2.54. The van der Waals surface area contributed by atoms with Crippen molar-refractivity contribution in [3.05, 3.63) is 29.3 Å². The van der Waals surface area contributed by atoms with Gasteiger partial charge in [-0.3, -0.25) is 4.79 Å². The molecule has 1 amide bonds. The average molecular weight is 283 g/mol. The molecule has 0 aliphatic rings. The fourth-order valence-corrected chi connectivity index (χ4v) is 2.68. The van der Waals surface area contributed by atoms with Gasteiger partial charge in [0, 0.05) is 11.8 Å². The highest BCUT2D eigenvalue weighted by Crippen LogP contribution is 2.20. The maximum atomic E-state index is 11.7. The van der Waals surface area contributed by atoms with Gasteiger partial charge in [0.1, 0.15) is 0 Å². The molecule has 0 unspecified atom stereocenters. The normalized spacial score (nSPS) is 11.1. The van der Waals surface area contributed by atoms with Crippen molar-refractivity contribution >= 4 is 21.7 Å². The van der Waals surface area contributed by atoms with Gasteiger partial charge < -0.3 is 11.5 Å². The second-order valence-electron chi connectivity index (χ2n) is 4.19. The Kier molecular flexibility index (Phi) is 4.66. The number of amides is 1. The molecule has 0 spiro atoms. The molecule has 0 aliphatic heterocycles. The third kappa shape index (κ3) is 4.06. The van der Waals surface area contributed by atoms with Gasteiger partial charge in [-0.1, -0.05) is 19.4 Å². The summed E-state index contributed by atoms with van der Waals surface area (Å²) in [5.41, 5.74) is 11.1. The van der Waals surface area contributed by atoms with Crippen LogP contribution in [-0.2, 0) is 16.3 Å². The van der Waals surface area contributed by atoms with E-state index in [0.29, 0.717) is 12.0 Å². The predicted octanol–water partition coefficient (Wildman–Crippen LogP) is 0.456. The zero-order chi connectivity index (χ0) is 14.6. The SMILES string of the molecule is CCCc1ccc(C(=O)N=C(N)N)cc1S(C)(=O)=O. The summed E-state index contributed by atoms with van der Waals surface area (Å²) in [4.78, 5) is 15.2. The van der Waals surface area contributed by atoms with E-state index >= 15 is 0 Å². The Labute approximate surface area is 112 Å². The highest BCUT2D eigenvalue weighted by molar-refractivity contribution is 7.90. The average Bonchev–Trinajstić information content (AvgIpc) is 2.27. The summed E-state index contributed by atoms with van der Waals surface area (Å²) >= 11 is 0. The highest BCUT2D eigenvalue weighted by atomic mass is 32.2. The first-order valence-electron chi connectivity index (χ1n) is 5.72. The fourth-order valence-electron chi connectivity index (χ4n) is 1.69. The van der Waals surface area contributed by atoms with Crippen molar-refractivity contribution in [2.24, 2.45) is 16.5 Å². The molecule has 0 fully saturated rings. The van der Waals surface area contributed by atoms with Gasteiger partial charge in [0.25, 0.3) is 5.91 Å². The zero-order valence-electron chi connectivity index (χ0n) is 10.9. The van der Waals surface area contributed by atoms with Crippen LogP contribution in [0.1, 0.15) is 29.3 Å². The van der Waals surface area contributed by atoms with Crippen molar-refractivity contribution in [2.45, 2.75) is 24.7 Å². The molecule has 1 aromatic carbocycles. The molecule has 104 valence electrons. The van der Waals surface area contributed by atoms with Crippen LogP contribution in [0.5, 0.6) is 0 Å². The minimum atomic E-state index is -3.40. The van der Waals surface area contributed by atoms with Gasteiger partial charge in [0.15, 0.2) is 15.8 Å². The molecule has 0 bridgehead atoms. The number of sulfone groups is 1. The van der Waals surface area contributed by atoms with Crippen LogP contribution in [0.25, 0.3) is 0 Å². The Bertz CT molecular complexity index is 617. The van der Waals surface area contributed by atoms with E-state index in [1.165, 1.54) is 12.1 Å². The molecule has 19 heavy (non-hydrogen) atoms. The molecule has 4 N–H and O–H groups in total. The van der Waals surface area contributed by atoms with Crippen molar-refractivity contribution < 1.29 is 13.2 Å². The number of hydrogen-bond acceptors (Lipinski definition) is 3. The van der Waals surface area contributed by atoms with Crippen LogP contribution in [0.2, 0.25) is 0 Å². The Hall–Kier alpha value is -1.89. The number of carbonyl (C=O) groups is 1. The van der Waals surface area contributed by atoms with Crippen LogP contribution < -0.4 is 11.5 Å². The van der Waals surface area contributed by atoms with Gasteiger partial charge in [0.05, 0.1) is 4.90 Å². The standard InChI is InChI=1S/C12H17N3O3S/c1-3-4-8-5-6-9(11(16)15-12(13)14)7-10(8)19(2,17)18/h5-7H,3-4H2,1-2H3,(H4,13,14,15,16). The number of aryl methyl sites for hydroxylation is 1. The first kappa shape index (κ1) is 15.2. The minimum absolute atomic E-state index is 0.144. The number of nitrogens with two attached hydrogens (primary N) is 2. The Morgan fingerprint density at radius 1 is 1.32 bits per heavy atom. The molecule has 1 rings (SSSR count). The van der Waals surface area contributed by atoms with Gasteiger partial charge in [-0.05, 0) is 24.1 Å². The number of carbonyl (C=O) groups excluding carboxylic acids is 1. The third-order valence-corrected chi connectivity index (χ3v) is 3.64. The van der Waals surface area contributed by atoms with Gasteiger partial charge in [-0.15, -0.1) is 0 Å². The molecule has 0 saturated heterocycles. The molecular weight excluding hydrogens is 266 g/mol. The second-order valence-corrected chi connectivity index (χ2v) is 6.17. The summed E-state index contributed by atoms with van der Waals surface area (Å²) < 4.78 is 23.5. The van der Waals surface area contributed by atoms with Crippen molar-refractivity contribution in [3.8, 4) is 0 Å². The Morgan fingerprint density at radius 2 is 1.95 bits per heavy atom. The molecule has 0 heterocycles. The molecule has 7 heteroatoms. The zero-order valence-corrected chi connectivity index (χ0v) is 11.7. The van der Waals surface area contributed by atoms with Gasteiger partial charge in [-0.25, -0.2) is 8.42 Å². The number of guanidine groups is 1. The predicted molar refractivity (Wildman–Crippen MR) is 73.7 cm³/mol. The van der Waals surface area contributed by atoms with E-state index in [4.69, 9.17) is 11.5 Å². The summed E-state index contributed by atoms with van der Waals surface area (Å²) in [7, 11) is -3.40. The molecule has 0 aliphatic carbocycles. The van der Waals surface area contributed by atoms with E-state index in [1.54, 1.807) is 6.07 Å². The third-order valence-electron chi connectivity index (χ3n) is 2.46. The maximum Gasteiger partial charge on any atom is 0.280 e. The lowest BCUT2D eigenvalue weighted by atomic mass is 10.1. The van der Waals surface area contributed by atoms with E-state index in [2.05, 4.69) is 4.99 Å². The summed E-state index contributed by atoms with van der Waals surface area (Å²) in [5.74, 6) is -1.02. The van der Waals surface area contributed by atoms with E-state index in [0.717, 1.165) is 12.7 Å². The summed E-state index contributed by atoms with van der Waals surface area (Å²) in [6, 6.07) is 4.46. The van der Waals surface area contributed by atoms with Crippen LogP contribution in [0.4, 0.5) is 0 Å². The van der Waals surface area contributed by atoms with Crippen molar-refractivity contribution in [2.75, 3.05) is 6.26 Å². The van der Waals surface area contributed by atoms with Crippen LogP contribution in [0, 0.1) is 0 Å².